The molecule has 0 radical (unpaired) electrons. The normalized spacial score (nSPS) is 18.6. The van der Waals surface area contributed by atoms with Crippen LogP contribution in [0.4, 0.5) is 0 Å². The van der Waals surface area contributed by atoms with Crippen molar-refractivity contribution in [1.29, 1.82) is 0 Å². The SMILES string of the molecule is CCOc1cc(C)ccc1OCc1nnc(SCC(=O)NC2CCCCC2C)n1CC. The van der Waals surface area contributed by atoms with Gasteiger partial charge in [0.1, 0.15) is 6.61 Å². The van der Waals surface area contributed by atoms with Gasteiger partial charge in [-0.15, -0.1) is 10.2 Å². The fourth-order valence-corrected chi connectivity index (χ4v) is 4.74. The quantitative estimate of drug-likeness (QED) is 0.546. The van der Waals surface area contributed by atoms with E-state index in [2.05, 4.69) is 22.4 Å². The average molecular weight is 447 g/mol. The van der Waals surface area contributed by atoms with Gasteiger partial charge in [0.25, 0.3) is 0 Å². The van der Waals surface area contributed by atoms with Crippen LogP contribution in [0.3, 0.4) is 0 Å². The number of aryl methyl sites for hydroxylation is 1. The largest absolute Gasteiger partial charge is 0.490 e. The minimum absolute atomic E-state index is 0.0632. The fourth-order valence-electron chi connectivity index (χ4n) is 3.90. The number of aromatic nitrogens is 3. The second kappa shape index (κ2) is 11.4. The Morgan fingerprint density at radius 1 is 1.19 bits per heavy atom. The van der Waals surface area contributed by atoms with Crippen molar-refractivity contribution in [2.24, 2.45) is 5.92 Å². The van der Waals surface area contributed by atoms with Crippen LogP contribution in [0.25, 0.3) is 0 Å². The highest BCUT2D eigenvalue weighted by Crippen LogP contribution is 2.29. The first-order chi connectivity index (χ1) is 15.0. The molecule has 2 atom stereocenters. The van der Waals surface area contributed by atoms with E-state index in [1.54, 1.807) is 0 Å². The summed E-state index contributed by atoms with van der Waals surface area (Å²) < 4.78 is 13.7. The number of nitrogens with one attached hydrogen (secondary N) is 1. The van der Waals surface area contributed by atoms with E-state index in [1.807, 2.05) is 43.5 Å². The number of nitrogens with zero attached hydrogens (tertiary/aromatic N) is 3. The molecule has 1 heterocycles. The molecule has 1 saturated carbocycles. The van der Waals surface area contributed by atoms with Crippen molar-refractivity contribution in [3.05, 3.63) is 29.6 Å². The van der Waals surface area contributed by atoms with Gasteiger partial charge in [0, 0.05) is 12.6 Å². The Morgan fingerprint density at radius 2 is 2.00 bits per heavy atom. The fraction of sp³-hybridized carbons (Fsp3) is 0.609. The van der Waals surface area contributed by atoms with Crippen LogP contribution in [-0.2, 0) is 17.9 Å². The zero-order valence-corrected chi connectivity index (χ0v) is 19.8. The first-order valence-electron chi connectivity index (χ1n) is 11.2. The van der Waals surface area contributed by atoms with Crippen LogP contribution in [0.15, 0.2) is 23.4 Å². The summed E-state index contributed by atoms with van der Waals surface area (Å²) in [7, 11) is 0. The van der Waals surface area contributed by atoms with Crippen molar-refractivity contribution in [1.82, 2.24) is 20.1 Å². The van der Waals surface area contributed by atoms with Gasteiger partial charge in [-0.05, 0) is 57.2 Å². The van der Waals surface area contributed by atoms with Crippen molar-refractivity contribution in [3.63, 3.8) is 0 Å². The number of hydrogen-bond acceptors (Lipinski definition) is 6. The first kappa shape index (κ1) is 23.4. The van der Waals surface area contributed by atoms with Crippen LogP contribution in [-0.4, -0.2) is 39.1 Å². The number of hydrogen-bond donors (Lipinski definition) is 1. The highest BCUT2D eigenvalue weighted by molar-refractivity contribution is 7.99. The number of ether oxygens (including phenoxy) is 2. The lowest BCUT2D eigenvalue weighted by Gasteiger charge is -2.29. The monoisotopic (exact) mass is 446 g/mol. The Morgan fingerprint density at radius 3 is 2.74 bits per heavy atom. The Kier molecular flexibility index (Phi) is 8.63. The van der Waals surface area contributed by atoms with Gasteiger partial charge in [-0.3, -0.25) is 4.79 Å². The molecule has 7 nitrogen and oxygen atoms in total. The molecule has 1 aromatic heterocycles. The molecule has 2 aromatic rings. The third-order valence-corrected chi connectivity index (χ3v) is 6.62. The molecule has 1 N–H and O–H groups in total. The third kappa shape index (κ3) is 6.38. The van der Waals surface area contributed by atoms with Gasteiger partial charge < -0.3 is 19.4 Å². The molecule has 2 unspecified atom stereocenters. The topological polar surface area (TPSA) is 78.3 Å². The number of amides is 1. The average Bonchev–Trinajstić information content (AvgIpc) is 3.15. The van der Waals surface area contributed by atoms with Gasteiger partial charge in [0.05, 0.1) is 12.4 Å². The molecule has 1 aromatic carbocycles. The Labute approximate surface area is 189 Å². The number of rotatable bonds is 10. The zero-order chi connectivity index (χ0) is 22.2. The molecule has 1 amide bonds. The highest BCUT2D eigenvalue weighted by Gasteiger charge is 2.23. The summed E-state index contributed by atoms with van der Waals surface area (Å²) in [5, 5.41) is 12.5. The lowest BCUT2D eigenvalue weighted by atomic mass is 9.86. The molecule has 0 spiro atoms. The van der Waals surface area contributed by atoms with Crippen molar-refractivity contribution in [2.45, 2.75) is 77.7 Å². The molecule has 3 rings (SSSR count). The van der Waals surface area contributed by atoms with Crippen molar-refractivity contribution in [2.75, 3.05) is 12.4 Å². The van der Waals surface area contributed by atoms with Crippen molar-refractivity contribution >= 4 is 17.7 Å². The molecular formula is C23H34N4O3S. The van der Waals surface area contributed by atoms with E-state index >= 15 is 0 Å². The molecule has 0 saturated heterocycles. The van der Waals surface area contributed by atoms with E-state index in [0.29, 0.717) is 36.6 Å². The molecule has 0 aliphatic heterocycles. The summed E-state index contributed by atoms with van der Waals surface area (Å²) in [6.45, 7) is 9.81. The van der Waals surface area contributed by atoms with Gasteiger partial charge >= 0.3 is 0 Å². The van der Waals surface area contributed by atoms with E-state index in [0.717, 1.165) is 28.7 Å². The summed E-state index contributed by atoms with van der Waals surface area (Å²) in [6.07, 6.45) is 4.73. The van der Waals surface area contributed by atoms with Gasteiger partial charge in [-0.1, -0.05) is 37.6 Å². The molecule has 1 aliphatic carbocycles. The summed E-state index contributed by atoms with van der Waals surface area (Å²) in [6, 6.07) is 6.18. The predicted octanol–water partition coefficient (Wildman–Crippen LogP) is 4.37. The zero-order valence-electron chi connectivity index (χ0n) is 19.0. The van der Waals surface area contributed by atoms with Crippen molar-refractivity contribution in [3.8, 4) is 11.5 Å². The molecular weight excluding hydrogens is 412 g/mol. The van der Waals surface area contributed by atoms with Crippen LogP contribution in [0.2, 0.25) is 0 Å². The molecule has 170 valence electrons. The first-order valence-corrected chi connectivity index (χ1v) is 12.2. The summed E-state index contributed by atoms with van der Waals surface area (Å²) in [5.41, 5.74) is 1.12. The van der Waals surface area contributed by atoms with Crippen LogP contribution in [0.5, 0.6) is 11.5 Å². The highest BCUT2D eigenvalue weighted by atomic mass is 32.2. The number of carbonyl (C=O) groups is 1. The Hall–Kier alpha value is -2.22. The minimum Gasteiger partial charge on any atom is -0.490 e. The van der Waals surface area contributed by atoms with E-state index < -0.39 is 0 Å². The van der Waals surface area contributed by atoms with E-state index in [4.69, 9.17) is 9.47 Å². The summed E-state index contributed by atoms with van der Waals surface area (Å²) in [4.78, 5) is 12.4. The predicted molar refractivity (Wildman–Crippen MR) is 123 cm³/mol. The maximum Gasteiger partial charge on any atom is 0.230 e. The Balaban J connectivity index is 1.57. The standard InChI is InChI=1S/C23H34N4O3S/c1-5-27-21(14-30-19-12-11-16(3)13-20(19)29-6-2)25-26-23(27)31-15-22(28)24-18-10-8-7-9-17(18)4/h11-13,17-18H,5-10,14-15H2,1-4H3,(H,24,28). The summed E-state index contributed by atoms with van der Waals surface area (Å²) in [5.74, 6) is 3.10. The second-order valence-electron chi connectivity index (χ2n) is 8.04. The summed E-state index contributed by atoms with van der Waals surface area (Å²) >= 11 is 1.42. The van der Waals surface area contributed by atoms with Gasteiger partial charge in [0.2, 0.25) is 5.91 Å². The van der Waals surface area contributed by atoms with Gasteiger partial charge in [-0.25, -0.2) is 0 Å². The maximum atomic E-state index is 12.4. The van der Waals surface area contributed by atoms with E-state index in [9.17, 15) is 4.79 Å². The minimum atomic E-state index is 0.0632. The smallest absolute Gasteiger partial charge is 0.230 e. The molecule has 1 fully saturated rings. The van der Waals surface area contributed by atoms with Crippen LogP contribution >= 0.6 is 11.8 Å². The lowest BCUT2D eigenvalue weighted by Crippen LogP contribution is -2.41. The van der Waals surface area contributed by atoms with Gasteiger partial charge in [-0.2, -0.15) is 0 Å². The maximum absolute atomic E-state index is 12.4. The van der Waals surface area contributed by atoms with Crippen molar-refractivity contribution < 1.29 is 14.3 Å². The van der Waals surface area contributed by atoms with Crippen LogP contribution in [0.1, 0.15) is 57.8 Å². The molecule has 8 heteroatoms. The van der Waals surface area contributed by atoms with E-state index in [1.165, 1.54) is 31.0 Å². The number of thioether (sulfide) groups is 1. The molecule has 31 heavy (non-hydrogen) atoms. The van der Waals surface area contributed by atoms with Crippen LogP contribution < -0.4 is 14.8 Å². The number of benzene rings is 1. The molecule has 0 bridgehead atoms. The van der Waals surface area contributed by atoms with Gasteiger partial charge in [0.15, 0.2) is 22.5 Å². The lowest BCUT2D eigenvalue weighted by molar-refractivity contribution is -0.119. The van der Waals surface area contributed by atoms with E-state index in [-0.39, 0.29) is 12.5 Å². The second-order valence-corrected chi connectivity index (χ2v) is 8.98. The number of carbonyl (C=O) groups excluding carboxylic acids is 1. The molecule has 1 aliphatic rings. The third-order valence-electron chi connectivity index (χ3n) is 5.66. The Bertz CT molecular complexity index is 871. The van der Waals surface area contributed by atoms with Crippen LogP contribution in [0, 0.1) is 12.8 Å².